The van der Waals surface area contributed by atoms with Crippen LogP contribution in [-0.4, -0.2) is 27.3 Å². The van der Waals surface area contributed by atoms with Gasteiger partial charge in [0.1, 0.15) is 0 Å². The molecule has 5 nitrogen and oxygen atoms in total. The van der Waals surface area contributed by atoms with Crippen molar-refractivity contribution in [1.29, 1.82) is 0 Å². The number of unbranched alkanes of at least 4 members (excludes halogenated alkanes) is 2. The smallest absolute Gasteiger partial charge is 0.262 e. The zero-order chi connectivity index (χ0) is 18.4. The lowest BCUT2D eigenvalue weighted by Crippen LogP contribution is -2.32. The summed E-state index contributed by atoms with van der Waals surface area (Å²) >= 11 is 4.73. The second-order valence-electron chi connectivity index (χ2n) is 6.23. The molecule has 0 saturated carbocycles. The Balaban J connectivity index is 2.34. The molecule has 1 amide bonds. The van der Waals surface area contributed by atoms with Gasteiger partial charge in [0.2, 0.25) is 5.91 Å². The standard InChI is InChI=1S/C18H24BrN3O2S/c1-4-5-6-9-22-17(24)14-10-13(19)7-8-15(14)21-18(22)25-11-16(23)20-12(2)3/h7-8,10,12H,4-6,9,11H2,1-3H3,(H,20,23). The van der Waals surface area contributed by atoms with E-state index in [9.17, 15) is 9.59 Å². The molecule has 0 aliphatic rings. The summed E-state index contributed by atoms with van der Waals surface area (Å²) in [6.07, 6.45) is 3.06. The highest BCUT2D eigenvalue weighted by molar-refractivity contribution is 9.10. The van der Waals surface area contributed by atoms with Crippen LogP contribution in [0.2, 0.25) is 0 Å². The zero-order valence-corrected chi connectivity index (χ0v) is 17.2. The molecule has 0 spiro atoms. The summed E-state index contributed by atoms with van der Waals surface area (Å²) in [4.78, 5) is 29.5. The number of amides is 1. The van der Waals surface area contributed by atoms with Crippen molar-refractivity contribution in [1.82, 2.24) is 14.9 Å². The van der Waals surface area contributed by atoms with E-state index in [2.05, 4.69) is 33.2 Å². The van der Waals surface area contributed by atoms with Crippen LogP contribution in [0.1, 0.15) is 40.0 Å². The third kappa shape index (κ3) is 5.57. The Morgan fingerprint density at radius 2 is 2.12 bits per heavy atom. The van der Waals surface area contributed by atoms with Gasteiger partial charge in [-0.05, 0) is 38.5 Å². The highest BCUT2D eigenvalue weighted by atomic mass is 79.9. The number of hydrogen-bond donors (Lipinski definition) is 1. The Labute approximate surface area is 160 Å². The fraction of sp³-hybridized carbons (Fsp3) is 0.500. The lowest BCUT2D eigenvalue weighted by atomic mass is 10.2. The predicted molar refractivity (Wildman–Crippen MR) is 107 cm³/mol. The average molecular weight is 426 g/mol. The van der Waals surface area contributed by atoms with Crippen LogP contribution in [-0.2, 0) is 11.3 Å². The van der Waals surface area contributed by atoms with Gasteiger partial charge in [-0.3, -0.25) is 14.2 Å². The Hall–Kier alpha value is -1.34. The molecule has 7 heteroatoms. The van der Waals surface area contributed by atoms with Gasteiger partial charge in [0, 0.05) is 17.1 Å². The van der Waals surface area contributed by atoms with Gasteiger partial charge in [0.25, 0.3) is 5.56 Å². The van der Waals surface area contributed by atoms with Gasteiger partial charge in [-0.2, -0.15) is 0 Å². The molecular formula is C18H24BrN3O2S. The molecule has 136 valence electrons. The van der Waals surface area contributed by atoms with E-state index in [4.69, 9.17) is 0 Å². The molecule has 0 aliphatic carbocycles. The first-order chi connectivity index (χ1) is 11.9. The van der Waals surface area contributed by atoms with Crippen LogP contribution < -0.4 is 10.9 Å². The number of carbonyl (C=O) groups is 1. The molecule has 0 bridgehead atoms. The highest BCUT2D eigenvalue weighted by Gasteiger charge is 2.14. The lowest BCUT2D eigenvalue weighted by Gasteiger charge is -2.13. The molecule has 1 aromatic carbocycles. The summed E-state index contributed by atoms with van der Waals surface area (Å²) in [5.41, 5.74) is 0.612. The van der Waals surface area contributed by atoms with Crippen LogP contribution in [0.5, 0.6) is 0 Å². The number of fused-ring (bicyclic) bond motifs is 1. The predicted octanol–water partition coefficient (Wildman–Crippen LogP) is 3.97. The second kappa shape index (κ2) is 9.38. The molecule has 0 aliphatic heterocycles. The molecule has 1 N–H and O–H groups in total. The Bertz CT molecular complexity index is 805. The minimum atomic E-state index is -0.0507. The van der Waals surface area contributed by atoms with E-state index in [0.29, 0.717) is 22.6 Å². The zero-order valence-electron chi connectivity index (χ0n) is 14.8. The first-order valence-electron chi connectivity index (χ1n) is 8.54. The SMILES string of the molecule is CCCCCn1c(SCC(=O)NC(C)C)nc2ccc(Br)cc2c1=O. The second-order valence-corrected chi connectivity index (χ2v) is 8.09. The third-order valence-corrected chi connectivity index (χ3v) is 5.12. The molecular weight excluding hydrogens is 402 g/mol. The number of aromatic nitrogens is 2. The monoisotopic (exact) mass is 425 g/mol. The van der Waals surface area contributed by atoms with Gasteiger partial charge >= 0.3 is 0 Å². The normalized spacial score (nSPS) is 11.2. The Morgan fingerprint density at radius 3 is 2.80 bits per heavy atom. The minimum Gasteiger partial charge on any atom is -0.353 e. The summed E-state index contributed by atoms with van der Waals surface area (Å²) < 4.78 is 2.56. The van der Waals surface area contributed by atoms with Gasteiger partial charge in [-0.15, -0.1) is 0 Å². The van der Waals surface area contributed by atoms with Crippen LogP contribution in [0.25, 0.3) is 10.9 Å². The third-order valence-electron chi connectivity index (χ3n) is 3.65. The topological polar surface area (TPSA) is 64.0 Å². The van der Waals surface area contributed by atoms with E-state index >= 15 is 0 Å². The van der Waals surface area contributed by atoms with Crippen molar-refractivity contribution in [3.05, 3.63) is 33.0 Å². The largest absolute Gasteiger partial charge is 0.353 e. The van der Waals surface area contributed by atoms with Gasteiger partial charge in [-0.25, -0.2) is 4.98 Å². The van der Waals surface area contributed by atoms with Crippen LogP contribution in [0, 0.1) is 0 Å². The number of halogens is 1. The van der Waals surface area contributed by atoms with Gasteiger partial charge in [0.15, 0.2) is 5.16 Å². The van der Waals surface area contributed by atoms with Crippen molar-refractivity contribution >= 4 is 44.5 Å². The van der Waals surface area contributed by atoms with Crippen LogP contribution in [0.15, 0.2) is 32.6 Å². The lowest BCUT2D eigenvalue weighted by molar-refractivity contribution is -0.119. The summed E-state index contributed by atoms with van der Waals surface area (Å²) in [6, 6.07) is 5.61. The van der Waals surface area contributed by atoms with Crippen molar-refractivity contribution in [3.8, 4) is 0 Å². The summed E-state index contributed by atoms with van der Waals surface area (Å²) in [6.45, 7) is 6.60. The molecule has 0 saturated heterocycles. The van der Waals surface area contributed by atoms with Crippen LogP contribution >= 0.6 is 27.7 Å². The van der Waals surface area contributed by atoms with E-state index in [0.717, 1.165) is 23.7 Å². The van der Waals surface area contributed by atoms with Gasteiger partial charge in [-0.1, -0.05) is 47.5 Å². The van der Waals surface area contributed by atoms with Crippen molar-refractivity contribution in [2.45, 2.75) is 57.8 Å². The van der Waals surface area contributed by atoms with Gasteiger partial charge < -0.3 is 5.32 Å². The maximum absolute atomic E-state index is 12.9. The van der Waals surface area contributed by atoms with Crippen LogP contribution in [0.3, 0.4) is 0 Å². The quantitative estimate of drug-likeness (QED) is 0.394. The Kier molecular flexibility index (Phi) is 7.50. The van der Waals surface area contributed by atoms with Crippen molar-refractivity contribution in [2.24, 2.45) is 0 Å². The molecule has 0 unspecified atom stereocenters. The van der Waals surface area contributed by atoms with Crippen LogP contribution in [0.4, 0.5) is 0 Å². The molecule has 2 aromatic rings. The summed E-state index contributed by atoms with van der Waals surface area (Å²) in [7, 11) is 0. The molecule has 1 aromatic heterocycles. The highest BCUT2D eigenvalue weighted by Crippen LogP contribution is 2.21. The number of carbonyl (C=O) groups excluding carboxylic acids is 1. The van der Waals surface area contributed by atoms with E-state index in [1.165, 1.54) is 11.8 Å². The fourth-order valence-electron chi connectivity index (χ4n) is 2.49. The van der Waals surface area contributed by atoms with E-state index in [-0.39, 0.29) is 23.3 Å². The number of hydrogen-bond acceptors (Lipinski definition) is 4. The average Bonchev–Trinajstić information content (AvgIpc) is 2.55. The maximum atomic E-state index is 12.9. The summed E-state index contributed by atoms with van der Waals surface area (Å²) in [5.74, 6) is 0.200. The van der Waals surface area contributed by atoms with E-state index in [1.54, 1.807) is 10.6 Å². The summed E-state index contributed by atoms with van der Waals surface area (Å²) in [5, 5.41) is 4.07. The Morgan fingerprint density at radius 1 is 1.36 bits per heavy atom. The van der Waals surface area contributed by atoms with E-state index < -0.39 is 0 Å². The molecule has 0 atom stereocenters. The maximum Gasteiger partial charge on any atom is 0.262 e. The fourth-order valence-corrected chi connectivity index (χ4v) is 3.69. The minimum absolute atomic E-state index is 0.0471. The number of benzene rings is 1. The van der Waals surface area contributed by atoms with Crippen molar-refractivity contribution in [3.63, 3.8) is 0 Å². The van der Waals surface area contributed by atoms with Gasteiger partial charge in [0.05, 0.1) is 16.7 Å². The molecule has 25 heavy (non-hydrogen) atoms. The molecule has 1 heterocycles. The first kappa shape index (κ1) is 20.0. The number of rotatable bonds is 8. The molecule has 2 rings (SSSR count). The first-order valence-corrected chi connectivity index (χ1v) is 10.3. The molecule has 0 radical (unpaired) electrons. The van der Waals surface area contributed by atoms with Crippen molar-refractivity contribution < 1.29 is 4.79 Å². The van der Waals surface area contributed by atoms with Crippen molar-refractivity contribution in [2.75, 3.05) is 5.75 Å². The number of thioether (sulfide) groups is 1. The molecule has 0 fully saturated rings. The number of nitrogens with zero attached hydrogens (tertiary/aromatic N) is 2. The van der Waals surface area contributed by atoms with E-state index in [1.807, 2.05) is 26.0 Å². The number of nitrogens with one attached hydrogen (secondary N) is 1.